The number of benzene rings is 2. The molecule has 2 aromatic rings. The molecule has 1 aliphatic carbocycles. The molecule has 0 heterocycles. The average molecular weight is 357 g/mol. The molecular weight excluding hydrogens is 326 g/mol. The van der Waals surface area contributed by atoms with Gasteiger partial charge in [-0.2, -0.15) is 0 Å². The highest BCUT2D eigenvalue weighted by Gasteiger charge is 2.30. The Kier molecular flexibility index (Phi) is 7.44. The van der Waals surface area contributed by atoms with E-state index >= 15 is 0 Å². The highest BCUT2D eigenvalue weighted by atomic mass is 16.5. The fourth-order valence-electron chi connectivity index (χ4n) is 4.11. The summed E-state index contributed by atoms with van der Waals surface area (Å²) in [5.74, 6) is 0. The maximum Gasteiger partial charge on any atom is 0.0730 e. The van der Waals surface area contributed by atoms with Gasteiger partial charge in [0, 0.05) is 19.1 Å². The minimum absolute atomic E-state index is 0.125. The molecule has 0 spiro atoms. The van der Waals surface area contributed by atoms with Gasteiger partial charge in [0.15, 0.2) is 0 Å². The quantitative estimate of drug-likeness (QED) is 0.724. The van der Waals surface area contributed by atoms with Crippen LogP contribution in [-0.4, -0.2) is 60.2 Å². The lowest BCUT2D eigenvalue weighted by Crippen LogP contribution is -2.49. The van der Waals surface area contributed by atoms with E-state index in [1.165, 1.54) is 29.2 Å². The van der Waals surface area contributed by atoms with Crippen molar-refractivity contribution in [3.05, 3.63) is 48.0 Å². The number of ether oxygens (including phenoxy) is 1. The first-order chi connectivity index (χ1) is 12.8. The van der Waals surface area contributed by atoms with Gasteiger partial charge in [0.25, 0.3) is 0 Å². The molecule has 0 unspecified atom stereocenters. The van der Waals surface area contributed by atoms with Gasteiger partial charge in [0.05, 0.1) is 25.9 Å². The zero-order valence-electron chi connectivity index (χ0n) is 15.5. The van der Waals surface area contributed by atoms with Crippen molar-refractivity contribution in [3.63, 3.8) is 0 Å². The van der Waals surface area contributed by atoms with E-state index in [4.69, 9.17) is 4.74 Å². The summed E-state index contributed by atoms with van der Waals surface area (Å²) in [6.07, 6.45) is 5.65. The lowest BCUT2D eigenvalue weighted by Gasteiger charge is -2.39. The van der Waals surface area contributed by atoms with Crippen molar-refractivity contribution in [3.8, 4) is 0 Å². The monoisotopic (exact) mass is 357 g/mol. The van der Waals surface area contributed by atoms with Gasteiger partial charge in [0.2, 0.25) is 0 Å². The highest BCUT2D eigenvalue weighted by Crippen LogP contribution is 2.26. The first-order valence-corrected chi connectivity index (χ1v) is 9.87. The maximum absolute atomic E-state index is 9.33. The lowest BCUT2D eigenvalue weighted by atomic mass is 9.91. The molecule has 0 bridgehead atoms. The van der Waals surface area contributed by atoms with Crippen LogP contribution in [0.5, 0.6) is 0 Å². The second-order valence-corrected chi connectivity index (χ2v) is 7.18. The van der Waals surface area contributed by atoms with Crippen molar-refractivity contribution in [1.29, 1.82) is 0 Å². The molecule has 0 saturated heterocycles. The van der Waals surface area contributed by atoms with E-state index in [1.54, 1.807) is 0 Å². The SMILES string of the molecule is OCCN(CCO)[C@@H]1CCCC[C@H]1OCCc1ccc2ccccc2c1. The summed E-state index contributed by atoms with van der Waals surface area (Å²) in [5, 5.41) is 21.2. The maximum atomic E-state index is 9.33. The molecule has 1 fully saturated rings. The smallest absolute Gasteiger partial charge is 0.0730 e. The Morgan fingerprint density at radius 2 is 1.65 bits per heavy atom. The topological polar surface area (TPSA) is 52.9 Å². The number of aliphatic hydroxyl groups excluding tert-OH is 2. The van der Waals surface area contributed by atoms with Crippen LogP contribution in [0.15, 0.2) is 42.5 Å². The second kappa shape index (κ2) is 10.0. The zero-order valence-corrected chi connectivity index (χ0v) is 15.5. The van der Waals surface area contributed by atoms with Gasteiger partial charge in [-0.15, -0.1) is 0 Å². The molecular formula is C22H31NO3. The zero-order chi connectivity index (χ0) is 18.2. The third-order valence-electron chi connectivity index (χ3n) is 5.45. The number of rotatable bonds is 9. The average Bonchev–Trinajstić information content (AvgIpc) is 2.68. The molecule has 4 nitrogen and oxygen atoms in total. The molecule has 0 aliphatic heterocycles. The van der Waals surface area contributed by atoms with Crippen LogP contribution in [0.25, 0.3) is 10.8 Å². The predicted molar refractivity (Wildman–Crippen MR) is 105 cm³/mol. The van der Waals surface area contributed by atoms with Crippen molar-refractivity contribution in [2.75, 3.05) is 32.9 Å². The van der Waals surface area contributed by atoms with Crippen molar-refractivity contribution in [2.45, 2.75) is 44.2 Å². The summed E-state index contributed by atoms with van der Waals surface area (Å²) in [4.78, 5) is 2.19. The minimum atomic E-state index is 0.125. The normalized spacial score (nSPS) is 20.7. The van der Waals surface area contributed by atoms with E-state index in [2.05, 4.69) is 47.4 Å². The molecule has 3 rings (SSSR count). The van der Waals surface area contributed by atoms with E-state index in [-0.39, 0.29) is 19.3 Å². The Morgan fingerprint density at radius 3 is 2.42 bits per heavy atom. The van der Waals surface area contributed by atoms with Gasteiger partial charge < -0.3 is 14.9 Å². The van der Waals surface area contributed by atoms with Crippen molar-refractivity contribution < 1.29 is 14.9 Å². The van der Waals surface area contributed by atoms with Crippen LogP contribution in [0.2, 0.25) is 0 Å². The van der Waals surface area contributed by atoms with Crippen molar-refractivity contribution in [2.24, 2.45) is 0 Å². The Hall–Kier alpha value is -1.46. The standard InChI is InChI=1S/C22H31NO3/c24-14-12-23(13-15-25)21-7-3-4-8-22(21)26-16-11-18-9-10-19-5-1-2-6-20(19)17-18/h1-2,5-6,9-10,17,21-22,24-25H,3-4,7-8,11-16H2/t21-,22-/m1/s1. The van der Waals surface area contributed by atoms with Crippen LogP contribution in [0, 0.1) is 0 Å². The van der Waals surface area contributed by atoms with Crippen LogP contribution < -0.4 is 0 Å². The van der Waals surface area contributed by atoms with Gasteiger partial charge in [-0.25, -0.2) is 0 Å². The predicted octanol–water partition coefficient (Wildman–Crippen LogP) is 3.00. The number of nitrogens with zero attached hydrogens (tertiary/aromatic N) is 1. The van der Waals surface area contributed by atoms with E-state index in [1.807, 2.05) is 0 Å². The van der Waals surface area contributed by atoms with Crippen LogP contribution >= 0.6 is 0 Å². The van der Waals surface area contributed by atoms with Gasteiger partial charge >= 0.3 is 0 Å². The van der Waals surface area contributed by atoms with Gasteiger partial charge in [0.1, 0.15) is 0 Å². The first-order valence-electron chi connectivity index (χ1n) is 9.87. The highest BCUT2D eigenvalue weighted by molar-refractivity contribution is 5.82. The number of hydrogen-bond acceptors (Lipinski definition) is 4. The molecule has 0 aromatic heterocycles. The summed E-state index contributed by atoms with van der Waals surface area (Å²) in [6.45, 7) is 2.18. The molecule has 0 amide bonds. The molecule has 0 radical (unpaired) electrons. The van der Waals surface area contributed by atoms with Crippen molar-refractivity contribution in [1.82, 2.24) is 4.90 Å². The van der Waals surface area contributed by atoms with Crippen LogP contribution in [0.3, 0.4) is 0 Å². The third-order valence-corrected chi connectivity index (χ3v) is 5.45. The largest absolute Gasteiger partial charge is 0.395 e. The molecule has 1 saturated carbocycles. The number of aliphatic hydroxyl groups is 2. The summed E-state index contributed by atoms with van der Waals surface area (Å²) in [7, 11) is 0. The molecule has 2 atom stereocenters. The summed E-state index contributed by atoms with van der Waals surface area (Å²) < 4.78 is 6.28. The third kappa shape index (κ3) is 5.04. The molecule has 2 aromatic carbocycles. The Morgan fingerprint density at radius 1 is 0.923 bits per heavy atom. The second-order valence-electron chi connectivity index (χ2n) is 7.18. The number of fused-ring (bicyclic) bond motifs is 1. The number of hydrogen-bond donors (Lipinski definition) is 2. The lowest BCUT2D eigenvalue weighted by molar-refractivity contribution is -0.0419. The van der Waals surface area contributed by atoms with Crippen LogP contribution in [0.1, 0.15) is 31.2 Å². The van der Waals surface area contributed by atoms with Gasteiger partial charge in [-0.1, -0.05) is 55.3 Å². The summed E-state index contributed by atoms with van der Waals surface area (Å²) in [5.41, 5.74) is 1.30. The Balaban J connectivity index is 1.57. The molecule has 1 aliphatic rings. The van der Waals surface area contributed by atoms with E-state index in [9.17, 15) is 10.2 Å². The molecule has 142 valence electrons. The summed E-state index contributed by atoms with van der Waals surface area (Å²) in [6, 6.07) is 15.4. The van der Waals surface area contributed by atoms with Crippen molar-refractivity contribution >= 4 is 10.8 Å². The molecule has 2 N–H and O–H groups in total. The van der Waals surface area contributed by atoms with Crippen LogP contribution in [0.4, 0.5) is 0 Å². The van der Waals surface area contributed by atoms with Crippen LogP contribution in [-0.2, 0) is 11.2 Å². The molecule has 4 heteroatoms. The summed E-state index contributed by atoms with van der Waals surface area (Å²) >= 11 is 0. The first kappa shape index (κ1) is 19.3. The Labute approximate surface area is 156 Å². The van der Waals surface area contributed by atoms with Gasteiger partial charge in [-0.05, 0) is 35.6 Å². The minimum Gasteiger partial charge on any atom is -0.395 e. The molecule has 26 heavy (non-hydrogen) atoms. The van der Waals surface area contributed by atoms with E-state index in [0.29, 0.717) is 25.7 Å². The fraction of sp³-hybridized carbons (Fsp3) is 0.545. The van der Waals surface area contributed by atoms with E-state index in [0.717, 1.165) is 19.3 Å². The van der Waals surface area contributed by atoms with Gasteiger partial charge in [-0.3, -0.25) is 4.90 Å². The fourth-order valence-corrected chi connectivity index (χ4v) is 4.11. The van der Waals surface area contributed by atoms with E-state index < -0.39 is 0 Å². The Bertz CT molecular complexity index is 669.